The largest absolute Gasteiger partial charge is 0.493 e. The van der Waals surface area contributed by atoms with Crippen LogP contribution in [0, 0.1) is 0 Å². The zero-order valence-corrected chi connectivity index (χ0v) is 12.6. The van der Waals surface area contributed by atoms with Crippen LogP contribution in [0.1, 0.15) is 11.3 Å². The molecule has 0 aliphatic rings. The van der Waals surface area contributed by atoms with Crippen LogP contribution in [-0.4, -0.2) is 32.3 Å². The van der Waals surface area contributed by atoms with E-state index in [4.69, 9.17) is 9.47 Å². The molecule has 21 heavy (non-hydrogen) atoms. The highest BCUT2D eigenvalue weighted by atomic mass is 16.5. The Morgan fingerprint density at radius 1 is 0.952 bits per heavy atom. The Kier molecular flexibility index (Phi) is 6.03. The number of pyridine rings is 1. The summed E-state index contributed by atoms with van der Waals surface area (Å²) in [7, 11) is 3.31. The highest BCUT2D eigenvalue weighted by Crippen LogP contribution is 2.27. The number of hydrogen-bond acceptors (Lipinski definition) is 4. The molecule has 0 unspecified atom stereocenters. The van der Waals surface area contributed by atoms with Crippen LogP contribution < -0.4 is 14.8 Å². The molecular formula is C17H22N2O2. The van der Waals surface area contributed by atoms with Gasteiger partial charge in [0.25, 0.3) is 0 Å². The van der Waals surface area contributed by atoms with E-state index in [-0.39, 0.29) is 0 Å². The molecule has 0 aliphatic carbocycles. The predicted octanol–water partition coefficient (Wildman–Crippen LogP) is 2.47. The first-order valence-corrected chi connectivity index (χ1v) is 7.15. The van der Waals surface area contributed by atoms with Gasteiger partial charge in [0.1, 0.15) is 0 Å². The zero-order chi connectivity index (χ0) is 14.9. The molecule has 112 valence electrons. The lowest BCUT2D eigenvalue weighted by molar-refractivity contribution is 0.354. The van der Waals surface area contributed by atoms with Gasteiger partial charge in [-0.25, -0.2) is 0 Å². The SMILES string of the molecule is COc1ccc(CCNCCc2ccccn2)cc1OC. The van der Waals surface area contributed by atoms with Gasteiger partial charge in [0.05, 0.1) is 14.2 Å². The van der Waals surface area contributed by atoms with Crippen LogP contribution in [0.5, 0.6) is 11.5 Å². The first-order chi connectivity index (χ1) is 10.3. The van der Waals surface area contributed by atoms with Gasteiger partial charge in [-0.15, -0.1) is 0 Å². The van der Waals surface area contributed by atoms with E-state index in [2.05, 4.69) is 22.4 Å². The van der Waals surface area contributed by atoms with Crippen LogP contribution in [-0.2, 0) is 12.8 Å². The summed E-state index contributed by atoms with van der Waals surface area (Å²) in [4.78, 5) is 4.31. The highest BCUT2D eigenvalue weighted by Gasteiger charge is 2.04. The van der Waals surface area contributed by atoms with Crippen molar-refractivity contribution in [3.05, 3.63) is 53.9 Å². The van der Waals surface area contributed by atoms with E-state index < -0.39 is 0 Å². The van der Waals surface area contributed by atoms with Crippen molar-refractivity contribution in [1.29, 1.82) is 0 Å². The maximum Gasteiger partial charge on any atom is 0.160 e. The molecule has 1 heterocycles. The molecule has 0 amide bonds. The lowest BCUT2D eigenvalue weighted by Gasteiger charge is -2.10. The average Bonchev–Trinajstić information content (AvgIpc) is 2.55. The van der Waals surface area contributed by atoms with Crippen LogP contribution >= 0.6 is 0 Å². The predicted molar refractivity (Wildman–Crippen MR) is 84.1 cm³/mol. The van der Waals surface area contributed by atoms with Gasteiger partial charge in [-0.05, 0) is 42.8 Å². The lowest BCUT2D eigenvalue weighted by atomic mass is 10.1. The fourth-order valence-corrected chi connectivity index (χ4v) is 2.16. The Labute approximate surface area is 126 Å². The van der Waals surface area contributed by atoms with Crippen LogP contribution in [0.4, 0.5) is 0 Å². The van der Waals surface area contributed by atoms with Crippen LogP contribution in [0.2, 0.25) is 0 Å². The summed E-state index contributed by atoms with van der Waals surface area (Å²) in [5.74, 6) is 1.55. The van der Waals surface area contributed by atoms with Crippen molar-refractivity contribution in [3.8, 4) is 11.5 Å². The molecule has 0 aliphatic heterocycles. The standard InChI is InChI=1S/C17H22N2O2/c1-20-16-7-6-14(13-17(16)21-2)8-11-18-12-9-15-5-3-4-10-19-15/h3-7,10,13,18H,8-9,11-12H2,1-2H3. The van der Waals surface area contributed by atoms with E-state index >= 15 is 0 Å². The van der Waals surface area contributed by atoms with Crippen molar-refractivity contribution >= 4 is 0 Å². The minimum Gasteiger partial charge on any atom is -0.493 e. The van der Waals surface area contributed by atoms with Crippen molar-refractivity contribution in [3.63, 3.8) is 0 Å². The highest BCUT2D eigenvalue weighted by molar-refractivity contribution is 5.42. The summed E-state index contributed by atoms with van der Waals surface area (Å²) in [6.45, 7) is 1.87. The average molecular weight is 286 g/mol. The Morgan fingerprint density at radius 3 is 2.48 bits per heavy atom. The van der Waals surface area contributed by atoms with E-state index in [0.29, 0.717) is 0 Å². The number of nitrogens with one attached hydrogen (secondary N) is 1. The monoisotopic (exact) mass is 286 g/mol. The topological polar surface area (TPSA) is 43.4 Å². The molecule has 4 heteroatoms. The van der Waals surface area contributed by atoms with E-state index in [9.17, 15) is 0 Å². The van der Waals surface area contributed by atoms with Crippen LogP contribution in [0.15, 0.2) is 42.6 Å². The van der Waals surface area contributed by atoms with E-state index in [0.717, 1.165) is 43.1 Å². The molecule has 0 fully saturated rings. The molecule has 0 spiro atoms. The maximum atomic E-state index is 5.31. The van der Waals surface area contributed by atoms with Gasteiger partial charge in [-0.3, -0.25) is 4.98 Å². The van der Waals surface area contributed by atoms with Gasteiger partial charge >= 0.3 is 0 Å². The molecule has 0 saturated carbocycles. The lowest BCUT2D eigenvalue weighted by Crippen LogP contribution is -2.20. The zero-order valence-electron chi connectivity index (χ0n) is 12.6. The molecule has 0 bridgehead atoms. The van der Waals surface area contributed by atoms with Crippen molar-refractivity contribution in [2.45, 2.75) is 12.8 Å². The fourth-order valence-electron chi connectivity index (χ4n) is 2.16. The first-order valence-electron chi connectivity index (χ1n) is 7.15. The molecule has 2 rings (SSSR count). The van der Waals surface area contributed by atoms with Crippen molar-refractivity contribution in [1.82, 2.24) is 10.3 Å². The summed E-state index contributed by atoms with van der Waals surface area (Å²) in [6, 6.07) is 12.1. The summed E-state index contributed by atoms with van der Waals surface area (Å²) in [6.07, 6.45) is 3.74. The molecule has 0 radical (unpaired) electrons. The summed E-state index contributed by atoms with van der Waals surface area (Å²) in [5.41, 5.74) is 2.36. The third-order valence-corrected chi connectivity index (χ3v) is 3.32. The second-order valence-corrected chi connectivity index (χ2v) is 4.76. The van der Waals surface area contributed by atoms with Crippen molar-refractivity contribution in [2.75, 3.05) is 27.3 Å². The smallest absolute Gasteiger partial charge is 0.160 e. The number of hydrogen-bond donors (Lipinski definition) is 1. The fraction of sp³-hybridized carbons (Fsp3) is 0.353. The van der Waals surface area contributed by atoms with E-state index in [1.165, 1.54) is 5.56 Å². The molecule has 2 aromatic rings. The molecule has 1 aromatic carbocycles. The first kappa shape index (κ1) is 15.3. The van der Waals surface area contributed by atoms with Gasteiger partial charge in [-0.2, -0.15) is 0 Å². The minimum absolute atomic E-state index is 0.768. The van der Waals surface area contributed by atoms with E-state index in [1.807, 2.05) is 30.5 Å². The Balaban J connectivity index is 1.73. The van der Waals surface area contributed by atoms with E-state index in [1.54, 1.807) is 14.2 Å². The van der Waals surface area contributed by atoms with Gasteiger partial charge in [-0.1, -0.05) is 12.1 Å². The molecular weight excluding hydrogens is 264 g/mol. The number of methoxy groups -OCH3 is 2. The van der Waals surface area contributed by atoms with Gasteiger partial charge in [0.2, 0.25) is 0 Å². The molecule has 1 N–H and O–H groups in total. The number of aromatic nitrogens is 1. The molecule has 0 saturated heterocycles. The Hall–Kier alpha value is -2.07. The molecule has 0 atom stereocenters. The maximum absolute atomic E-state index is 5.31. The third-order valence-electron chi connectivity index (χ3n) is 3.32. The molecule has 1 aromatic heterocycles. The number of benzene rings is 1. The molecule has 4 nitrogen and oxygen atoms in total. The summed E-state index contributed by atoms with van der Waals surface area (Å²) >= 11 is 0. The van der Waals surface area contributed by atoms with Crippen LogP contribution in [0.3, 0.4) is 0 Å². The van der Waals surface area contributed by atoms with Gasteiger partial charge < -0.3 is 14.8 Å². The summed E-state index contributed by atoms with van der Waals surface area (Å²) < 4.78 is 10.5. The Morgan fingerprint density at radius 2 is 1.76 bits per heavy atom. The van der Waals surface area contributed by atoms with Crippen molar-refractivity contribution < 1.29 is 9.47 Å². The second kappa shape index (κ2) is 8.27. The van der Waals surface area contributed by atoms with Crippen molar-refractivity contribution in [2.24, 2.45) is 0 Å². The van der Waals surface area contributed by atoms with Gasteiger partial charge in [0, 0.05) is 24.9 Å². The summed E-state index contributed by atoms with van der Waals surface area (Å²) in [5, 5.41) is 3.44. The van der Waals surface area contributed by atoms with Gasteiger partial charge in [0.15, 0.2) is 11.5 Å². The third kappa shape index (κ3) is 4.76. The normalized spacial score (nSPS) is 10.4. The number of rotatable bonds is 8. The minimum atomic E-state index is 0.768. The quantitative estimate of drug-likeness (QED) is 0.757. The second-order valence-electron chi connectivity index (χ2n) is 4.76. The number of ether oxygens (including phenoxy) is 2. The Bertz CT molecular complexity index is 544. The number of nitrogens with zero attached hydrogens (tertiary/aromatic N) is 1. The van der Waals surface area contributed by atoms with Crippen LogP contribution in [0.25, 0.3) is 0 Å².